The lowest BCUT2D eigenvalue weighted by molar-refractivity contribution is -0.162. The van der Waals surface area contributed by atoms with Gasteiger partial charge in [0.05, 0.1) is 0 Å². The van der Waals surface area contributed by atoms with Crippen LogP contribution in [0.5, 0.6) is 0 Å². The Labute approximate surface area is 104 Å². The predicted octanol–water partition coefficient (Wildman–Crippen LogP) is 3.85. The second-order valence-electron chi connectivity index (χ2n) is 5.92. The van der Waals surface area contributed by atoms with Gasteiger partial charge in [0.25, 0.3) is 0 Å². The molecule has 2 saturated carbocycles. The van der Waals surface area contributed by atoms with Gasteiger partial charge < -0.3 is 4.74 Å². The van der Waals surface area contributed by atoms with Gasteiger partial charge in [0.2, 0.25) is 0 Å². The molecule has 0 amide bonds. The lowest BCUT2D eigenvalue weighted by atomic mass is 9.80. The van der Waals surface area contributed by atoms with Crippen LogP contribution in [0.4, 0.5) is 0 Å². The van der Waals surface area contributed by atoms with Crippen molar-refractivity contribution >= 4 is 5.97 Å². The molecule has 0 aromatic carbocycles. The van der Waals surface area contributed by atoms with Crippen molar-refractivity contribution in [2.75, 3.05) is 0 Å². The Balaban J connectivity index is 2.08. The van der Waals surface area contributed by atoms with Crippen LogP contribution in [0.25, 0.3) is 0 Å². The Morgan fingerprint density at radius 3 is 2.71 bits per heavy atom. The molecule has 0 aromatic heterocycles. The first kappa shape index (κ1) is 12.7. The van der Waals surface area contributed by atoms with Gasteiger partial charge in [0.15, 0.2) is 0 Å². The summed E-state index contributed by atoms with van der Waals surface area (Å²) in [5.41, 5.74) is 0.387. The number of unbranched alkanes of at least 4 members (excludes halogenated alkanes) is 1. The molecular weight excluding hydrogens is 212 g/mol. The lowest BCUT2D eigenvalue weighted by Gasteiger charge is -2.37. The van der Waals surface area contributed by atoms with Crippen LogP contribution in [0.1, 0.15) is 58.8 Å². The van der Waals surface area contributed by atoms with E-state index in [1.165, 1.54) is 25.7 Å². The molecule has 0 saturated heterocycles. The van der Waals surface area contributed by atoms with E-state index in [-0.39, 0.29) is 11.6 Å². The fourth-order valence-electron chi connectivity index (χ4n) is 3.62. The highest BCUT2D eigenvalue weighted by Crippen LogP contribution is 2.54. The third kappa shape index (κ3) is 2.41. The maximum Gasteiger partial charge on any atom is 0.333 e. The van der Waals surface area contributed by atoms with E-state index in [0.717, 1.165) is 25.2 Å². The fraction of sp³-hybridized carbons (Fsp3) is 0.800. The van der Waals surface area contributed by atoms with E-state index in [2.05, 4.69) is 13.5 Å². The summed E-state index contributed by atoms with van der Waals surface area (Å²) in [6.45, 7) is 7.63. The van der Waals surface area contributed by atoms with Crippen molar-refractivity contribution in [2.45, 2.75) is 64.4 Å². The lowest BCUT2D eigenvalue weighted by Crippen LogP contribution is -2.40. The van der Waals surface area contributed by atoms with Crippen molar-refractivity contribution < 1.29 is 9.53 Å². The molecule has 96 valence electrons. The van der Waals surface area contributed by atoms with Gasteiger partial charge in [-0.1, -0.05) is 19.9 Å². The Bertz CT molecular complexity index is 321. The van der Waals surface area contributed by atoms with Crippen LogP contribution >= 0.6 is 0 Å². The van der Waals surface area contributed by atoms with E-state index in [4.69, 9.17) is 4.74 Å². The number of fused-ring (bicyclic) bond motifs is 2. The van der Waals surface area contributed by atoms with Gasteiger partial charge in [-0.05, 0) is 57.3 Å². The number of esters is 1. The van der Waals surface area contributed by atoms with E-state index in [9.17, 15) is 4.79 Å². The third-order valence-electron chi connectivity index (χ3n) is 4.52. The first-order valence-corrected chi connectivity index (χ1v) is 6.96. The molecule has 2 rings (SSSR count). The van der Waals surface area contributed by atoms with Crippen LogP contribution in [0, 0.1) is 11.8 Å². The van der Waals surface area contributed by atoms with Crippen LogP contribution in [-0.4, -0.2) is 11.6 Å². The molecule has 2 aliphatic carbocycles. The predicted molar refractivity (Wildman–Crippen MR) is 68.6 cm³/mol. The zero-order valence-electron chi connectivity index (χ0n) is 11.1. The Morgan fingerprint density at radius 2 is 2.24 bits per heavy atom. The molecule has 0 N–H and O–H groups in total. The van der Waals surface area contributed by atoms with Crippen molar-refractivity contribution in [3.8, 4) is 0 Å². The maximum absolute atomic E-state index is 11.8. The van der Waals surface area contributed by atoms with Crippen LogP contribution in [0.3, 0.4) is 0 Å². The van der Waals surface area contributed by atoms with Gasteiger partial charge >= 0.3 is 5.97 Å². The minimum absolute atomic E-state index is 0.144. The molecule has 2 aliphatic rings. The van der Waals surface area contributed by atoms with E-state index < -0.39 is 0 Å². The van der Waals surface area contributed by atoms with Crippen LogP contribution in [0.15, 0.2) is 12.2 Å². The standard InChI is InChI=1S/C15H24O2/c1-4-5-8-15(17-14(16)11(2)3)10-12-6-7-13(15)9-12/h12-13H,2,4-10H2,1,3H3. The van der Waals surface area contributed by atoms with Crippen LogP contribution in [-0.2, 0) is 9.53 Å². The normalized spacial score (nSPS) is 34.9. The van der Waals surface area contributed by atoms with E-state index in [1.807, 2.05) is 0 Å². The van der Waals surface area contributed by atoms with Gasteiger partial charge in [-0.2, -0.15) is 0 Å². The summed E-state index contributed by atoms with van der Waals surface area (Å²) in [4.78, 5) is 11.8. The SMILES string of the molecule is C=C(C)C(=O)OC1(CCCC)CC2CCC1C2. The summed E-state index contributed by atoms with van der Waals surface area (Å²) in [7, 11) is 0. The Kier molecular flexibility index (Phi) is 3.60. The number of rotatable bonds is 5. The zero-order valence-corrected chi connectivity index (χ0v) is 11.1. The first-order chi connectivity index (χ1) is 8.07. The van der Waals surface area contributed by atoms with E-state index in [1.54, 1.807) is 6.92 Å². The molecule has 2 fully saturated rings. The average Bonchev–Trinajstić information content (AvgIpc) is 2.86. The topological polar surface area (TPSA) is 26.3 Å². The Morgan fingerprint density at radius 1 is 1.47 bits per heavy atom. The number of hydrogen-bond acceptors (Lipinski definition) is 2. The van der Waals surface area contributed by atoms with Gasteiger partial charge in [-0.25, -0.2) is 4.79 Å². The molecule has 2 nitrogen and oxygen atoms in total. The Hall–Kier alpha value is -0.790. The number of carbonyl (C=O) groups is 1. The highest BCUT2D eigenvalue weighted by Gasteiger charge is 2.53. The highest BCUT2D eigenvalue weighted by molar-refractivity contribution is 5.87. The number of ether oxygens (including phenoxy) is 1. The van der Waals surface area contributed by atoms with Crippen molar-refractivity contribution in [1.29, 1.82) is 0 Å². The molecule has 3 unspecified atom stereocenters. The van der Waals surface area contributed by atoms with Crippen LogP contribution < -0.4 is 0 Å². The quantitative estimate of drug-likeness (QED) is 0.535. The molecule has 2 bridgehead atoms. The molecule has 2 heteroatoms. The first-order valence-electron chi connectivity index (χ1n) is 6.96. The molecule has 3 atom stereocenters. The zero-order chi connectivity index (χ0) is 12.5. The number of hydrogen-bond donors (Lipinski definition) is 0. The molecule has 17 heavy (non-hydrogen) atoms. The van der Waals surface area contributed by atoms with Crippen molar-refractivity contribution in [3.63, 3.8) is 0 Å². The molecule has 0 aliphatic heterocycles. The second kappa shape index (κ2) is 4.83. The van der Waals surface area contributed by atoms with Crippen molar-refractivity contribution in [2.24, 2.45) is 11.8 Å². The summed E-state index contributed by atoms with van der Waals surface area (Å²) in [6.07, 6.45) is 8.32. The summed E-state index contributed by atoms with van der Waals surface area (Å²) in [5, 5.41) is 0. The summed E-state index contributed by atoms with van der Waals surface area (Å²) < 4.78 is 5.86. The monoisotopic (exact) mass is 236 g/mol. The smallest absolute Gasteiger partial charge is 0.333 e. The van der Waals surface area contributed by atoms with E-state index in [0.29, 0.717) is 11.5 Å². The molecule has 0 heterocycles. The summed E-state index contributed by atoms with van der Waals surface area (Å²) >= 11 is 0. The van der Waals surface area contributed by atoms with Gasteiger partial charge in [-0.15, -0.1) is 0 Å². The molecule has 0 radical (unpaired) electrons. The summed E-state index contributed by atoms with van der Waals surface area (Å²) in [6, 6.07) is 0. The largest absolute Gasteiger partial charge is 0.455 e. The van der Waals surface area contributed by atoms with Gasteiger partial charge in [-0.3, -0.25) is 0 Å². The maximum atomic E-state index is 11.8. The number of carbonyl (C=O) groups excluding carboxylic acids is 1. The second-order valence-corrected chi connectivity index (χ2v) is 5.92. The minimum atomic E-state index is -0.186. The van der Waals surface area contributed by atoms with Gasteiger partial charge in [0, 0.05) is 5.57 Å². The average molecular weight is 236 g/mol. The van der Waals surface area contributed by atoms with Crippen LogP contribution in [0.2, 0.25) is 0 Å². The molecule has 0 spiro atoms. The van der Waals surface area contributed by atoms with Crippen molar-refractivity contribution in [1.82, 2.24) is 0 Å². The molecule has 0 aromatic rings. The third-order valence-corrected chi connectivity index (χ3v) is 4.52. The van der Waals surface area contributed by atoms with Gasteiger partial charge in [0.1, 0.15) is 5.60 Å². The van der Waals surface area contributed by atoms with E-state index >= 15 is 0 Å². The fourth-order valence-corrected chi connectivity index (χ4v) is 3.62. The summed E-state index contributed by atoms with van der Waals surface area (Å²) in [5.74, 6) is 1.23. The van der Waals surface area contributed by atoms with Crippen molar-refractivity contribution in [3.05, 3.63) is 12.2 Å². The molecular formula is C15H24O2. The minimum Gasteiger partial charge on any atom is -0.455 e. The highest BCUT2D eigenvalue weighted by atomic mass is 16.6.